The number of nitrogens with zero attached hydrogens (tertiary/aromatic N) is 1. The predicted molar refractivity (Wildman–Crippen MR) is 57.7 cm³/mol. The minimum Gasteiger partial charge on any atom is -0.398 e. The number of hydrogen-bond donors (Lipinski definition) is 2. The van der Waals surface area contributed by atoms with E-state index in [0.717, 1.165) is 16.5 Å². The highest BCUT2D eigenvalue weighted by Gasteiger charge is 2.07. The molecule has 1 heterocycles. The Balaban J connectivity index is 2.52. The van der Waals surface area contributed by atoms with Crippen LogP contribution >= 0.6 is 0 Å². The van der Waals surface area contributed by atoms with Crippen LogP contribution in [0.1, 0.15) is 0 Å². The fourth-order valence-corrected chi connectivity index (χ4v) is 1.58. The van der Waals surface area contributed by atoms with Crippen LogP contribution in [-0.4, -0.2) is 5.91 Å². The molecule has 0 unspecified atom stereocenters. The molecule has 4 N–H and O–H groups in total. The van der Waals surface area contributed by atoms with Gasteiger partial charge < -0.3 is 11.5 Å². The summed E-state index contributed by atoms with van der Waals surface area (Å²) >= 11 is 0. The number of primary amides is 1. The molecule has 1 amide bonds. The molecule has 0 saturated carbocycles. The van der Waals surface area contributed by atoms with Gasteiger partial charge in [0.05, 0.1) is 0 Å². The molecule has 0 aliphatic rings. The Bertz CT molecular complexity index is 522. The van der Waals surface area contributed by atoms with Crippen LogP contribution in [0, 0.1) is 0 Å². The Morgan fingerprint density at radius 2 is 2.13 bits per heavy atom. The van der Waals surface area contributed by atoms with Crippen LogP contribution in [0.4, 0.5) is 5.69 Å². The van der Waals surface area contributed by atoms with Gasteiger partial charge in [-0.2, -0.15) is 4.57 Å². The van der Waals surface area contributed by atoms with Gasteiger partial charge in [0.1, 0.15) is 0 Å². The van der Waals surface area contributed by atoms with Gasteiger partial charge in [0.15, 0.2) is 12.4 Å². The van der Waals surface area contributed by atoms with Crippen LogP contribution < -0.4 is 16.0 Å². The number of benzene rings is 1. The van der Waals surface area contributed by atoms with E-state index in [-0.39, 0.29) is 12.5 Å². The van der Waals surface area contributed by atoms with E-state index in [4.69, 9.17) is 11.5 Å². The van der Waals surface area contributed by atoms with Crippen LogP contribution in [0.25, 0.3) is 10.8 Å². The number of carbonyl (C=O) groups excluding carboxylic acids is 1. The molecule has 4 nitrogen and oxygen atoms in total. The molecule has 0 aliphatic heterocycles. The SMILES string of the molecule is NC(=O)C[n+]1ccc2c(N)cccc2c1. The quantitative estimate of drug-likeness (QED) is 0.539. The lowest BCUT2D eigenvalue weighted by molar-refractivity contribution is -0.682. The van der Waals surface area contributed by atoms with Crippen LogP contribution in [0.15, 0.2) is 36.7 Å². The van der Waals surface area contributed by atoms with Gasteiger partial charge in [-0.1, -0.05) is 6.07 Å². The number of pyridine rings is 1. The van der Waals surface area contributed by atoms with Crippen molar-refractivity contribution in [2.24, 2.45) is 5.73 Å². The van der Waals surface area contributed by atoms with Crippen molar-refractivity contribution in [1.29, 1.82) is 0 Å². The van der Waals surface area contributed by atoms with Crippen LogP contribution in [-0.2, 0) is 11.3 Å². The lowest BCUT2D eigenvalue weighted by atomic mass is 10.1. The number of nitrogens with two attached hydrogens (primary N) is 2. The third-order valence-corrected chi connectivity index (χ3v) is 2.25. The maximum atomic E-state index is 10.7. The molecule has 0 aliphatic carbocycles. The van der Waals surface area contributed by atoms with Crippen molar-refractivity contribution in [3.05, 3.63) is 36.7 Å². The number of amides is 1. The Hall–Kier alpha value is -2.10. The lowest BCUT2D eigenvalue weighted by Gasteiger charge is -2.00. The van der Waals surface area contributed by atoms with Gasteiger partial charge in [-0.05, 0) is 12.1 Å². The maximum absolute atomic E-state index is 10.7. The minimum absolute atomic E-state index is 0.185. The highest BCUT2D eigenvalue weighted by atomic mass is 16.1. The molecular weight excluding hydrogens is 190 g/mol. The maximum Gasteiger partial charge on any atom is 0.283 e. The van der Waals surface area contributed by atoms with Gasteiger partial charge >= 0.3 is 0 Å². The summed E-state index contributed by atoms with van der Waals surface area (Å²) in [5.74, 6) is -0.358. The first kappa shape index (κ1) is 9.45. The van der Waals surface area contributed by atoms with E-state index in [1.807, 2.05) is 30.5 Å². The highest BCUT2D eigenvalue weighted by Crippen LogP contribution is 2.17. The first-order chi connectivity index (χ1) is 7.16. The Kier molecular flexibility index (Phi) is 2.25. The Morgan fingerprint density at radius 1 is 1.33 bits per heavy atom. The van der Waals surface area contributed by atoms with E-state index in [0.29, 0.717) is 0 Å². The molecule has 0 bridgehead atoms. The molecule has 0 saturated heterocycles. The topological polar surface area (TPSA) is 73.0 Å². The highest BCUT2D eigenvalue weighted by molar-refractivity contribution is 5.91. The Morgan fingerprint density at radius 3 is 2.87 bits per heavy atom. The summed E-state index contributed by atoms with van der Waals surface area (Å²) in [5, 5.41) is 1.98. The van der Waals surface area contributed by atoms with Gasteiger partial charge in [-0.25, -0.2) is 0 Å². The van der Waals surface area contributed by atoms with Crippen LogP contribution in [0.5, 0.6) is 0 Å². The van der Waals surface area contributed by atoms with E-state index in [9.17, 15) is 4.79 Å². The summed E-state index contributed by atoms with van der Waals surface area (Å²) in [4.78, 5) is 10.7. The molecule has 2 rings (SSSR count). The zero-order chi connectivity index (χ0) is 10.8. The molecule has 76 valence electrons. The first-order valence-corrected chi connectivity index (χ1v) is 4.62. The zero-order valence-electron chi connectivity index (χ0n) is 8.18. The third kappa shape index (κ3) is 1.88. The van der Waals surface area contributed by atoms with Gasteiger partial charge in [0.25, 0.3) is 5.91 Å². The number of hydrogen-bond acceptors (Lipinski definition) is 2. The number of anilines is 1. The van der Waals surface area contributed by atoms with Crippen molar-refractivity contribution in [3.63, 3.8) is 0 Å². The van der Waals surface area contributed by atoms with E-state index in [1.54, 1.807) is 10.8 Å². The minimum atomic E-state index is -0.358. The molecule has 0 atom stereocenters. The molecule has 0 spiro atoms. The van der Waals surface area contributed by atoms with E-state index < -0.39 is 0 Å². The van der Waals surface area contributed by atoms with Crippen molar-refractivity contribution in [2.75, 3.05) is 5.73 Å². The van der Waals surface area contributed by atoms with Crippen molar-refractivity contribution in [3.8, 4) is 0 Å². The summed E-state index contributed by atoms with van der Waals surface area (Å²) in [6.45, 7) is 0.185. The number of carbonyl (C=O) groups is 1. The standard InChI is InChI=1S/C11H11N3O/c12-10-3-1-2-8-6-14(7-11(13)15)5-4-9(8)10/h1-6H,7,12H2,(H-,13,15)/p+1. The number of nitrogen functional groups attached to an aromatic ring is 1. The molecule has 0 fully saturated rings. The fraction of sp³-hybridized carbons (Fsp3) is 0.0909. The average Bonchev–Trinajstić information content (AvgIpc) is 2.17. The molecule has 1 aromatic heterocycles. The smallest absolute Gasteiger partial charge is 0.283 e. The summed E-state index contributed by atoms with van der Waals surface area (Å²) in [6.07, 6.45) is 3.65. The number of fused-ring (bicyclic) bond motifs is 1. The zero-order valence-corrected chi connectivity index (χ0v) is 8.18. The lowest BCUT2D eigenvalue weighted by Crippen LogP contribution is -2.40. The van der Waals surface area contributed by atoms with Crippen molar-refractivity contribution >= 4 is 22.4 Å². The molecule has 15 heavy (non-hydrogen) atoms. The van der Waals surface area contributed by atoms with Gasteiger partial charge in [0.2, 0.25) is 6.54 Å². The molecule has 2 aromatic rings. The molecular formula is C11H12N3O+. The molecule has 4 heteroatoms. The van der Waals surface area contributed by atoms with Crippen LogP contribution in [0.2, 0.25) is 0 Å². The van der Waals surface area contributed by atoms with Crippen LogP contribution in [0.3, 0.4) is 0 Å². The van der Waals surface area contributed by atoms with E-state index >= 15 is 0 Å². The fourth-order valence-electron chi connectivity index (χ4n) is 1.58. The predicted octanol–water partition coefficient (Wildman–Crippen LogP) is 0.195. The van der Waals surface area contributed by atoms with E-state index in [1.165, 1.54) is 0 Å². The molecule has 0 radical (unpaired) electrons. The second-order valence-electron chi connectivity index (χ2n) is 3.43. The molecule has 1 aromatic carbocycles. The second-order valence-corrected chi connectivity index (χ2v) is 3.43. The van der Waals surface area contributed by atoms with Crippen molar-refractivity contribution in [2.45, 2.75) is 6.54 Å². The number of aromatic nitrogens is 1. The van der Waals surface area contributed by atoms with Gasteiger partial charge in [0, 0.05) is 22.5 Å². The summed E-state index contributed by atoms with van der Waals surface area (Å²) in [5.41, 5.74) is 11.7. The Labute approximate surface area is 87.1 Å². The average molecular weight is 202 g/mol. The summed E-state index contributed by atoms with van der Waals surface area (Å²) in [7, 11) is 0. The summed E-state index contributed by atoms with van der Waals surface area (Å²) < 4.78 is 1.74. The van der Waals surface area contributed by atoms with Crippen molar-refractivity contribution in [1.82, 2.24) is 0 Å². The van der Waals surface area contributed by atoms with Gasteiger partial charge in [-0.3, -0.25) is 4.79 Å². The van der Waals surface area contributed by atoms with E-state index in [2.05, 4.69) is 0 Å². The number of rotatable bonds is 2. The second kappa shape index (κ2) is 3.57. The third-order valence-electron chi connectivity index (χ3n) is 2.25. The normalized spacial score (nSPS) is 10.4. The monoisotopic (exact) mass is 202 g/mol. The summed E-state index contributed by atoms with van der Waals surface area (Å²) in [6, 6.07) is 7.56. The first-order valence-electron chi connectivity index (χ1n) is 4.62. The van der Waals surface area contributed by atoms with Gasteiger partial charge in [-0.15, -0.1) is 0 Å². The largest absolute Gasteiger partial charge is 0.398 e. The van der Waals surface area contributed by atoms with Crippen molar-refractivity contribution < 1.29 is 9.36 Å².